The Labute approximate surface area is 78.8 Å². The molecule has 1 N–H and O–H groups in total. The number of aliphatic hydroxyl groups is 1. The molecule has 3 saturated carbocycles. The van der Waals surface area contributed by atoms with E-state index in [4.69, 9.17) is 0 Å². The average molecular weight is 176 g/mol. The molecule has 0 aromatic rings. The monoisotopic (exact) mass is 176 g/mol. The van der Waals surface area contributed by atoms with Crippen molar-refractivity contribution in [3.8, 4) is 0 Å². The maximum atomic E-state index is 10.5. The van der Waals surface area contributed by atoms with Crippen LogP contribution in [0, 0.1) is 17.8 Å². The van der Waals surface area contributed by atoms with Gasteiger partial charge in [0.25, 0.3) is 0 Å². The Morgan fingerprint density at radius 3 is 3.00 bits per heavy atom. The third-order valence-corrected chi connectivity index (χ3v) is 5.09. The first-order valence-corrected chi connectivity index (χ1v) is 5.73. The highest BCUT2D eigenvalue weighted by molar-refractivity contribution is 5.42. The molecular weight excluding hydrogens is 160 g/mol. The molecule has 4 aliphatic rings. The second kappa shape index (κ2) is 1.88. The van der Waals surface area contributed by atoms with Gasteiger partial charge in [-0.25, -0.2) is 0 Å². The van der Waals surface area contributed by atoms with E-state index in [2.05, 4.69) is 0 Å². The summed E-state index contributed by atoms with van der Waals surface area (Å²) in [5.41, 5.74) is 2.90. The highest BCUT2D eigenvalue weighted by Crippen LogP contribution is 2.65. The summed E-state index contributed by atoms with van der Waals surface area (Å²) in [6, 6.07) is 0. The number of rotatable bonds is 0. The quantitative estimate of drug-likeness (QED) is 0.561. The van der Waals surface area contributed by atoms with Crippen LogP contribution in [-0.2, 0) is 0 Å². The molecule has 0 heterocycles. The molecule has 4 aliphatic carbocycles. The van der Waals surface area contributed by atoms with E-state index in [1.54, 1.807) is 11.1 Å². The van der Waals surface area contributed by atoms with Crippen molar-refractivity contribution < 1.29 is 5.11 Å². The summed E-state index contributed by atoms with van der Waals surface area (Å²) in [5.74, 6) is 2.65. The second-order valence-electron chi connectivity index (χ2n) is 5.58. The molecule has 1 nitrogen and oxygen atoms in total. The van der Waals surface area contributed by atoms with Crippen LogP contribution in [0.15, 0.2) is 11.1 Å². The van der Waals surface area contributed by atoms with Gasteiger partial charge in [-0.3, -0.25) is 0 Å². The summed E-state index contributed by atoms with van der Waals surface area (Å²) >= 11 is 0. The lowest BCUT2D eigenvalue weighted by molar-refractivity contribution is 0.0875. The standard InChI is InChI=1S/C12H16O/c13-12-4-3-9(6-12)10-7-1-2-8(5-7)11(10)12/h7,9-10,13H,1-6H2. The predicted molar refractivity (Wildman–Crippen MR) is 50.1 cm³/mol. The lowest BCUT2D eigenvalue weighted by Gasteiger charge is -2.32. The van der Waals surface area contributed by atoms with Crippen molar-refractivity contribution in [1.29, 1.82) is 0 Å². The Hall–Kier alpha value is -0.300. The van der Waals surface area contributed by atoms with E-state index in [-0.39, 0.29) is 5.60 Å². The summed E-state index contributed by atoms with van der Waals surface area (Å²) < 4.78 is 0. The highest BCUT2D eigenvalue weighted by atomic mass is 16.3. The van der Waals surface area contributed by atoms with Gasteiger partial charge in [0.05, 0.1) is 5.60 Å². The Balaban J connectivity index is 1.94. The molecule has 0 spiro atoms. The first-order valence-electron chi connectivity index (χ1n) is 5.73. The first kappa shape index (κ1) is 7.05. The topological polar surface area (TPSA) is 20.2 Å². The van der Waals surface area contributed by atoms with Gasteiger partial charge in [-0.1, -0.05) is 5.57 Å². The van der Waals surface area contributed by atoms with Crippen molar-refractivity contribution in [2.24, 2.45) is 17.8 Å². The molecule has 0 aromatic heterocycles. The van der Waals surface area contributed by atoms with Gasteiger partial charge in [0, 0.05) is 0 Å². The zero-order chi connectivity index (χ0) is 8.63. The molecule has 4 unspecified atom stereocenters. The van der Waals surface area contributed by atoms with Crippen LogP contribution in [0.1, 0.15) is 38.5 Å². The van der Waals surface area contributed by atoms with Crippen molar-refractivity contribution in [3.05, 3.63) is 11.1 Å². The van der Waals surface area contributed by atoms with Crippen LogP contribution in [-0.4, -0.2) is 10.7 Å². The van der Waals surface area contributed by atoms with E-state index in [9.17, 15) is 5.11 Å². The van der Waals surface area contributed by atoms with Crippen molar-refractivity contribution in [2.45, 2.75) is 44.1 Å². The summed E-state index contributed by atoms with van der Waals surface area (Å²) in [5, 5.41) is 10.5. The van der Waals surface area contributed by atoms with Gasteiger partial charge in [-0.15, -0.1) is 0 Å². The number of hydrogen-bond donors (Lipinski definition) is 1. The molecule has 4 atom stereocenters. The minimum absolute atomic E-state index is 0.306. The van der Waals surface area contributed by atoms with Gasteiger partial charge in [0.1, 0.15) is 0 Å². The fraction of sp³-hybridized carbons (Fsp3) is 0.833. The molecule has 4 bridgehead atoms. The van der Waals surface area contributed by atoms with Gasteiger partial charge >= 0.3 is 0 Å². The van der Waals surface area contributed by atoms with Crippen LogP contribution >= 0.6 is 0 Å². The minimum Gasteiger partial charge on any atom is -0.385 e. The van der Waals surface area contributed by atoms with Gasteiger partial charge < -0.3 is 5.11 Å². The second-order valence-corrected chi connectivity index (χ2v) is 5.58. The summed E-state index contributed by atoms with van der Waals surface area (Å²) in [4.78, 5) is 0. The fourth-order valence-electron chi connectivity index (χ4n) is 4.78. The van der Waals surface area contributed by atoms with Gasteiger partial charge in [-0.2, -0.15) is 0 Å². The Bertz CT molecular complexity index is 317. The molecule has 0 radical (unpaired) electrons. The number of fused-ring (bicyclic) bond motifs is 8. The van der Waals surface area contributed by atoms with E-state index in [0.29, 0.717) is 0 Å². The SMILES string of the molecule is OC12CCC(C1)C1C2=C2CCC1C2. The molecule has 4 rings (SSSR count). The van der Waals surface area contributed by atoms with Gasteiger partial charge in [-0.05, 0) is 61.9 Å². The normalized spacial score (nSPS) is 56.5. The third-order valence-electron chi connectivity index (χ3n) is 5.09. The van der Waals surface area contributed by atoms with Crippen LogP contribution in [0.3, 0.4) is 0 Å². The highest BCUT2D eigenvalue weighted by Gasteiger charge is 2.60. The predicted octanol–water partition coefficient (Wildman–Crippen LogP) is 2.26. The van der Waals surface area contributed by atoms with Crippen LogP contribution in [0.5, 0.6) is 0 Å². The average Bonchev–Trinajstić information content (AvgIpc) is 2.76. The maximum absolute atomic E-state index is 10.5. The van der Waals surface area contributed by atoms with Crippen molar-refractivity contribution in [3.63, 3.8) is 0 Å². The molecule has 0 amide bonds. The summed E-state index contributed by atoms with van der Waals surface area (Å²) in [6.45, 7) is 0. The third kappa shape index (κ3) is 0.633. The Kier molecular flexibility index (Phi) is 1.02. The van der Waals surface area contributed by atoms with E-state index in [1.165, 1.54) is 25.7 Å². The largest absolute Gasteiger partial charge is 0.385 e. The molecule has 3 fully saturated rings. The molecule has 0 aliphatic heterocycles. The van der Waals surface area contributed by atoms with E-state index in [0.717, 1.165) is 30.6 Å². The maximum Gasteiger partial charge on any atom is 0.0865 e. The number of allylic oxidation sites excluding steroid dienone is 1. The minimum atomic E-state index is -0.306. The van der Waals surface area contributed by atoms with E-state index in [1.807, 2.05) is 0 Å². The fourth-order valence-corrected chi connectivity index (χ4v) is 4.78. The summed E-state index contributed by atoms with van der Waals surface area (Å²) in [7, 11) is 0. The molecule has 0 aromatic carbocycles. The van der Waals surface area contributed by atoms with Crippen LogP contribution in [0.4, 0.5) is 0 Å². The molecule has 0 saturated heterocycles. The lowest BCUT2D eigenvalue weighted by atomic mass is 9.75. The molecule has 70 valence electrons. The Morgan fingerprint density at radius 2 is 2.15 bits per heavy atom. The van der Waals surface area contributed by atoms with Crippen molar-refractivity contribution in [2.75, 3.05) is 0 Å². The summed E-state index contributed by atoms with van der Waals surface area (Å²) in [6.07, 6.45) is 7.56. The first-order chi connectivity index (χ1) is 6.28. The van der Waals surface area contributed by atoms with Crippen LogP contribution in [0.2, 0.25) is 0 Å². The lowest BCUT2D eigenvalue weighted by Crippen LogP contribution is -2.30. The molecule has 13 heavy (non-hydrogen) atoms. The van der Waals surface area contributed by atoms with Gasteiger partial charge in [0.2, 0.25) is 0 Å². The Morgan fingerprint density at radius 1 is 1.23 bits per heavy atom. The van der Waals surface area contributed by atoms with E-state index >= 15 is 0 Å². The van der Waals surface area contributed by atoms with Crippen molar-refractivity contribution in [1.82, 2.24) is 0 Å². The smallest absolute Gasteiger partial charge is 0.0865 e. The van der Waals surface area contributed by atoms with Crippen LogP contribution in [0.25, 0.3) is 0 Å². The van der Waals surface area contributed by atoms with Crippen molar-refractivity contribution >= 4 is 0 Å². The molecular formula is C12H16O. The van der Waals surface area contributed by atoms with Crippen LogP contribution < -0.4 is 0 Å². The van der Waals surface area contributed by atoms with E-state index < -0.39 is 0 Å². The zero-order valence-corrected chi connectivity index (χ0v) is 7.92. The van der Waals surface area contributed by atoms with Gasteiger partial charge in [0.15, 0.2) is 0 Å². The molecule has 1 heteroatoms. The zero-order valence-electron chi connectivity index (χ0n) is 7.92. The number of hydrogen-bond acceptors (Lipinski definition) is 1.